The molecule has 2 aromatic rings. The lowest BCUT2D eigenvalue weighted by Gasteiger charge is -2.16. The van der Waals surface area contributed by atoms with Crippen LogP contribution >= 0.6 is 0 Å². The van der Waals surface area contributed by atoms with Gasteiger partial charge in [0.2, 0.25) is 0 Å². The highest BCUT2D eigenvalue weighted by Gasteiger charge is 2.31. The number of para-hydroxylation sites is 2. The molecule has 1 aromatic carbocycles. The molecule has 0 aliphatic heterocycles. The summed E-state index contributed by atoms with van der Waals surface area (Å²) >= 11 is 0. The number of alkyl halides is 3. The third kappa shape index (κ3) is 3.45. The predicted molar refractivity (Wildman–Crippen MR) is 72.8 cm³/mol. The monoisotopic (exact) mass is 297 g/mol. The van der Waals surface area contributed by atoms with Crippen molar-refractivity contribution in [1.82, 2.24) is 4.57 Å². The molecule has 0 bridgehead atoms. The van der Waals surface area contributed by atoms with Gasteiger partial charge < -0.3 is 4.74 Å². The Morgan fingerprint density at radius 3 is 2.38 bits per heavy atom. The predicted octanol–water partition coefficient (Wildman–Crippen LogP) is 3.64. The summed E-state index contributed by atoms with van der Waals surface area (Å²) in [5.41, 5.74) is -1.32. The molecule has 0 saturated heterocycles. The summed E-state index contributed by atoms with van der Waals surface area (Å²) in [6.45, 7) is 3.65. The Kier molecular flexibility index (Phi) is 4.06. The summed E-state index contributed by atoms with van der Waals surface area (Å²) < 4.78 is 44.4. The molecule has 0 unspecified atom stereocenters. The van der Waals surface area contributed by atoms with Gasteiger partial charge in [0.15, 0.2) is 0 Å². The van der Waals surface area contributed by atoms with Crippen molar-refractivity contribution < 1.29 is 17.9 Å². The highest BCUT2D eigenvalue weighted by atomic mass is 19.4. The summed E-state index contributed by atoms with van der Waals surface area (Å²) in [5, 5.41) is 0. The molecule has 2 rings (SSSR count). The number of ether oxygens (including phenoxy) is 1. The molecule has 21 heavy (non-hydrogen) atoms. The Bertz CT molecular complexity index is 690. The number of halogens is 3. The third-order valence-electron chi connectivity index (χ3n) is 2.73. The Morgan fingerprint density at radius 1 is 1.14 bits per heavy atom. The number of nitrogens with zero attached hydrogens (tertiary/aromatic N) is 1. The second-order valence-electron chi connectivity index (χ2n) is 4.76. The molecule has 0 aliphatic rings. The average molecular weight is 297 g/mol. The van der Waals surface area contributed by atoms with E-state index in [1.165, 1.54) is 0 Å². The average Bonchev–Trinajstić information content (AvgIpc) is 2.38. The maximum atomic E-state index is 12.6. The molecular weight excluding hydrogens is 283 g/mol. The van der Waals surface area contributed by atoms with Crippen molar-refractivity contribution >= 4 is 0 Å². The van der Waals surface area contributed by atoms with E-state index in [4.69, 9.17) is 4.74 Å². The molecule has 0 fully saturated rings. The van der Waals surface area contributed by atoms with Crippen LogP contribution in [-0.2, 0) is 6.18 Å². The van der Waals surface area contributed by atoms with E-state index in [1.807, 2.05) is 13.8 Å². The van der Waals surface area contributed by atoms with Crippen molar-refractivity contribution in [1.29, 1.82) is 0 Å². The Hall–Kier alpha value is -2.24. The molecule has 0 amide bonds. The fourth-order valence-electron chi connectivity index (χ4n) is 1.86. The lowest BCUT2D eigenvalue weighted by Crippen LogP contribution is -2.21. The minimum absolute atomic E-state index is 0.115. The lowest BCUT2D eigenvalue weighted by atomic mass is 10.2. The molecule has 0 saturated carbocycles. The maximum Gasteiger partial charge on any atom is 0.416 e. The SMILES string of the molecule is CC(C)Oc1ccccc1-n1ccc(C(F)(F)F)cc1=O. The number of aromatic nitrogens is 1. The fourth-order valence-corrected chi connectivity index (χ4v) is 1.86. The van der Waals surface area contributed by atoms with E-state index in [9.17, 15) is 18.0 Å². The van der Waals surface area contributed by atoms with Gasteiger partial charge in [0.1, 0.15) is 5.75 Å². The van der Waals surface area contributed by atoms with Crippen LogP contribution in [0.5, 0.6) is 5.75 Å². The smallest absolute Gasteiger partial charge is 0.416 e. The molecule has 3 nitrogen and oxygen atoms in total. The topological polar surface area (TPSA) is 31.2 Å². The summed E-state index contributed by atoms with van der Waals surface area (Å²) in [4.78, 5) is 11.9. The van der Waals surface area contributed by atoms with E-state index in [0.29, 0.717) is 17.5 Å². The lowest BCUT2D eigenvalue weighted by molar-refractivity contribution is -0.137. The Morgan fingerprint density at radius 2 is 1.81 bits per heavy atom. The number of pyridine rings is 1. The quantitative estimate of drug-likeness (QED) is 0.866. The highest BCUT2D eigenvalue weighted by Crippen LogP contribution is 2.28. The van der Waals surface area contributed by atoms with Crippen LogP contribution in [0, 0.1) is 0 Å². The zero-order valence-corrected chi connectivity index (χ0v) is 11.5. The van der Waals surface area contributed by atoms with Gasteiger partial charge in [-0.2, -0.15) is 13.2 Å². The van der Waals surface area contributed by atoms with E-state index in [-0.39, 0.29) is 6.10 Å². The zero-order valence-electron chi connectivity index (χ0n) is 11.5. The largest absolute Gasteiger partial charge is 0.489 e. The molecule has 1 aromatic heterocycles. The van der Waals surface area contributed by atoms with Crippen LogP contribution < -0.4 is 10.3 Å². The fraction of sp³-hybridized carbons (Fsp3) is 0.267. The first-order chi connectivity index (χ1) is 9.79. The van der Waals surface area contributed by atoms with E-state index >= 15 is 0 Å². The van der Waals surface area contributed by atoms with Gasteiger partial charge in [-0.1, -0.05) is 12.1 Å². The highest BCUT2D eigenvalue weighted by molar-refractivity contribution is 5.47. The number of benzene rings is 1. The van der Waals surface area contributed by atoms with Gasteiger partial charge in [-0.3, -0.25) is 9.36 Å². The Labute approximate surface area is 119 Å². The maximum absolute atomic E-state index is 12.6. The number of hydrogen-bond donors (Lipinski definition) is 0. The van der Waals surface area contributed by atoms with E-state index in [0.717, 1.165) is 16.8 Å². The van der Waals surface area contributed by atoms with Crippen molar-refractivity contribution in [2.75, 3.05) is 0 Å². The first-order valence-electron chi connectivity index (χ1n) is 6.35. The van der Waals surface area contributed by atoms with Crippen molar-refractivity contribution in [3.8, 4) is 11.4 Å². The summed E-state index contributed by atoms with van der Waals surface area (Å²) in [6.07, 6.45) is -3.55. The van der Waals surface area contributed by atoms with Gasteiger partial charge in [-0.05, 0) is 32.0 Å². The molecule has 0 N–H and O–H groups in total. The normalized spacial score (nSPS) is 11.7. The van der Waals surface area contributed by atoms with Gasteiger partial charge in [-0.25, -0.2) is 0 Å². The molecule has 0 spiro atoms. The van der Waals surface area contributed by atoms with Crippen LogP contribution in [-0.4, -0.2) is 10.7 Å². The van der Waals surface area contributed by atoms with Gasteiger partial charge in [0.05, 0.1) is 17.4 Å². The van der Waals surface area contributed by atoms with E-state index in [1.54, 1.807) is 24.3 Å². The molecular formula is C15H14F3NO2. The van der Waals surface area contributed by atoms with Gasteiger partial charge >= 0.3 is 6.18 Å². The minimum atomic E-state index is -4.54. The van der Waals surface area contributed by atoms with Gasteiger partial charge in [-0.15, -0.1) is 0 Å². The second kappa shape index (κ2) is 5.63. The van der Waals surface area contributed by atoms with Crippen molar-refractivity contribution in [2.24, 2.45) is 0 Å². The minimum Gasteiger partial charge on any atom is -0.489 e. The standard InChI is InChI=1S/C15H14F3NO2/c1-10(2)21-13-6-4-3-5-12(13)19-8-7-11(9-14(19)20)15(16,17)18/h3-10H,1-2H3. The third-order valence-corrected chi connectivity index (χ3v) is 2.73. The summed E-state index contributed by atoms with van der Waals surface area (Å²) in [5.74, 6) is 0.439. The van der Waals surface area contributed by atoms with Crippen LogP contribution in [0.15, 0.2) is 47.4 Å². The van der Waals surface area contributed by atoms with Gasteiger partial charge in [0.25, 0.3) is 5.56 Å². The van der Waals surface area contributed by atoms with E-state index in [2.05, 4.69) is 0 Å². The van der Waals surface area contributed by atoms with E-state index < -0.39 is 17.3 Å². The summed E-state index contributed by atoms with van der Waals surface area (Å²) in [7, 11) is 0. The molecule has 0 atom stereocenters. The second-order valence-corrected chi connectivity index (χ2v) is 4.76. The van der Waals surface area contributed by atoms with Crippen LogP contribution in [0.2, 0.25) is 0 Å². The van der Waals surface area contributed by atoms with Crippen LogP contribution in [0.4, 0.5) is 13.2 Å². The van der Waals surface area contributed by atoms with Crippen LogP contribution in [0.25, 0.3) is 5.69 Å². The van der Waals surface area contributed by atoms with Crippen LogP contribution in [0.1, 0.15) is 19.4 Å². The van der Waals surface area contributed by atoms with Crippen molar-refractivity contribution in [2.45, 2.75) is 26.1 Å². The molecule has 1 heterocycles. The van der Waals surface area contributed by atoms with Crippen molar-refractivity contribution in [3.05, 3.63) is 58.5 Å². The molecule has 112 valence electrons. The molecule has 6 heteroatoms. The number of hydrogen-bond acceptors (Lipinski definition) is 2. The molecule has 0 radical (unpaired) electrons. The number of rotatable bonds is 3. The van der Waals surface area contributed by atoms with Gasteiger partial charge in [0, 0.05) is 12.3 Å². The van der Waals surface area contributed by atoms with Crippen molar-refractivity contribution in [3.63, 3.8) is 0 Å². The summed E-state index contributed by atoms with van der Waals surface area (Å²) in [6, 6.07) is 8.15. The first-order valence-corrected chi connectivity index (χ1v) is 6.35. The zero-order chi connectivity index (χ0) is 15.6. The van der Waals surface area contributed by atoms with Crippen LogP contribution in [0.3, 0.4) is 0 Å². The Balaban J connectivity index is 2.51. The first kappa shape index (κ1) is 15.2. The molecule has 0 aliphatic carbocycles.